The van der Waals surface area contributed by atoms with Crippen molar-refractivity contribution in [3.63, 3.8) is 0 Å². The molecule has 2 unspecified atom stereocenters. The summed E-state index contributed by atoms with van der Waals surface area (Å²) in [6.07, 6.45) is 8.39. The summed E-state index contributed by atoms with van der Waals surface area (Å²) in [6.45, 7) is 2.02. The minimum Gasteiger partial charge on any atom is -0.337 e. The summed E-state index contributed by atoms with van der Waals surface area (Å²) in [7, 11) is 0. The highest BCUT2D eigenvalue weighted by Gasteiger charge is 2.35. The van der Waals surface area contributed by atoms with Gasteiger partial charge in [0.2, 0.25) is 5.13 Å². The van der Waals surface area contributed by atoms with Gasteiger partial charge in [0.05, 0.1) is 0 Å². The largest absolute Gasteiger partial charge is 0.337 e. The Morgan fingerprint density at radius 3 is 3.07 bits per heavy atom. The predicted molar refractivity (Wildman–Crippen MR) is 57.7 cm³/mol. The highest BCUT2D eigenvalue weighted by Crippen LogP contribution is 2.36. The Labute approximate surface area is 87.5 Å². The van der Waals surface area contributed by atoms with Gasteiger partial charge in [-0.15, -0.1) is 10.2 Å². The van der Waals surface area contributed by atoms with Crippen molar-refractivity contribution in [1.29, 1.82) is 0 Å². The van der Waals surface area contributed by atoms with E-state index in [1.807, 2.05) is 6.92 Å². The van der Waals surface area contributed by atoms with Crippen molar-refractivity contribution < 1.29 is 0 Å². The van der Waals surface area contributed by atoms with Crippen LogP contribution in [0.25, 0.3) is 0 Å². The molecule has 0 aromatic carbocycles. The first-order valence-corrected chi connectivity index (χ1v) is 5.91. The summed E-state index contributed by atoms with van der Waals surface area (Å²) in [5, 5.41) is 10.5. The normalized spacial score (nSPS) is 29.9. The molecule has 2 bridgehead atoms. The monoisotopic (exact) mass is 207 g/mol. The molecule has 0 aliphatic carbocycles. The van der Waals surface area contributed by atoms with E-state index in [9.17, 15) is 0 Å². The van der Waals surface area contributed by atoms with Crippen LogP contribution in [-0.4, -0.2) is 22.3 Å². The van der Waals surface area contributed by atoms with E-state index < -0.39 is 0 Å². The van der Waals surface area contributed by atoms with Gasteiger partial charge in [-0.3, -0.25) is 0 Å². The van der Waals surface area contributed by atoms with Gasteiger partial charge in [0.15, 0.2) is 0 Å². The Bertz CT molecular complexity index is 371. The molecule has 3 heterocycles. The molecule has 0 spiro atoms. The van der Waals surface area contributed by atoms with Gasteiger partial charge in [-0.25, -0.2) is 0 Å². The van der Waals surface area contributed by atoms with E-state index in [2.05, 4.69) is 27.2 Å². The fraction of sp³-hybridized carbons (Fsp3) is 0.600. The maximum absolute atomic E-state index is 4.24. The summed E-state index contributed by atoms with van der Waals surface area (Å²) in [5.74, 6) is 0. The van der Waals surface area contributed by atoms with Crippen molar-refractivity contribution in [2.45, 2.75) is 38.3 Å². The van der Waals surface area contributed by atoms with Crippen molar-refractivity contribution in [3.8, 4) is 0 Å². The smallest absolute Gasteiger partial charge is 0.209 e. The number of aryl methyl sites for hydroxylation is 1. The Morgan fingerprint density at radius 2 is 2.36 bits per heavy atom. The van der Waals surface area contributed by atoms with E-state index in [0.29, 0.717) is 12.1 Å². The zero-order valence-electron chi connectivity index (χ0n) is 8.18. The number of fused-ring (bicyclic) bond motifs is 2. The molecule has 0 N–H and O–H groups in total. The van der Waals surface area contributed by atoms with Crippen molar-refractivity contribution in [1.82, 2.24) is 10.2 Å². The van der Waals surface area contributed by atoms with Crippen LogP contribution in [0, 0.1) is 6.92 Å². The quantitative estimate of drug-likeness (QED) is 0.661. The van der Waals surface area contributed by atoms with E-state index in [1.165, 1.54) is 19.3 Å². The number of anilines is 1. The molecule has 2 atom stereocenters. The van der Waals surface area contributed by atoms with Crippen LogP contribution in [0.15, 0.2) is 12.2 Å². The van der Waals surface area contributed by atoms with Gasteiger partial charge in [-0.05, 0) is 26.2 Å². The average molecular weight is 207 g/mol. The summed E-state index contributed by atoms with van der Waals surface area (Å²) in [5.41, 5.74) is 0. The molecule has 2 aliphatic heterocycles. The van der Waals surface area contributed by atoms with Gasteiger partial charge in [-0.2, -0.15) is 0 Å². The van der Waals surface area contributed by atoms with Gasteiger partial charge in [0, 0.05) is 12.1 Å². The summed E-state index contributed by atoms with van der Waals surface area (Å²) in [4.78, 5) is 2.45. The third kappa shape index (κ3) is 1.17. The van der Waals surface area contributed by atoms with Crippen molar-refractivity contribution in [3.05, 3.63) is 17.2 Å². The Hall–Kier alpha value is -0.900. The van der Waals surface area contributed by atoms with Crippen LogP contribution in [0.4, 0.5) is 5.13 Å². The predicted octanol–water partition coefficient (Wildman–Crippen LogP) is 2.14. The third-order valence-electron chi connectivity index (χ3n) is 3.05. The second-order valence-corrected chi connectivity index (χ2v) is 5.13. The first-order chi connectivity index (χ1) is 6.84. The van der Waals surface area contributed by atoms with Crippen LogP contribution >= 0.6 is 11.3 Å². The minimum atomic E-state index is 0.584. The minimum absolute atomic E-state index is 0.584. The fourth-order valence-corrected chi connectivity index (χ4v) is 3.23. The highest BCUT2D eigenvalue weighted by atomic mass is 32.1. The molecule has 0 saturated carbocycles. The number of hydrogen-bond acceptors (Lipinski definition) is 4. The molecule has 74 valence electrons. The molecule has 0 radical (unpaired) electrons. The lowest BCUT2D eigenvalue weighted by atomic mass is 10.1. The lowest BCUT2D eigenvalue weighted by Crippen LogP contribution is -2.37. The molecule has 3 rings (SSSR count). The second kappa shape index (κ2) is 3.05. The number of nitrogens with zero attached hydrogens (tertiary/aromatic N) is 3. The summed E-state index contributed by atoms with van der Waals surface area (Å²) < 4.78 is 0. The molecule has 1 aromatic rings. The van der Waals surface area contributed by atoms with Crippen LogP contribution < -0.4 is 4.90 Å². The zero-order valence-corrected chi connectivity index (χ0v) is 9.00. The van der Waals surface area contributed by atoms with E-state index in [-0.39, 0.29) is 0 Å². The molecule has 4 heteroatoms. The Balaban J connectivity index is 1.96. The van der Waals surface area contributed by atoms with Gasteiger partial charge in [0.25, 0.3) is 0 Å². The molecule has 1 fully saturated rings. The van der Waals surface area contributed by atoms with Gasteiger partial charge >= 0.3 is 0 Å². The van der Waals surface area contributed by atoms with E-state index in [1.54, 1.807) is 11.3 Å². The molecule has 1 saturated heterocycles. The molecular weight excluding hydrogens is 194 g/mol. The van der Waals surface area contributed by atoms with Crippen LogP contribution in [-0.2, 0) is 0 Å². The van der Waals surface area contributed by atoms with Crippen LogP contribution in [0.3, 0.4) is 0 Å². The van der Waals surface area contributed by atoms with Gasteiger partial charge in [0.1, 0.15) is 5.01 Å². The summed E-state index contributed by atoms with van der Waals surface area (Å²) in [6, 6.07) is 1.26. The van der Waals surface area contributed by atoms with Gasteiger partial charge in [-0.1, -0.05) is 23.5 Å². The maximum Gasteiger partial charge on any atom is 0.209 e. The first kappa shape index (κ1) is 8.41. The van der Waals surface area contributed by atoms with E-state index in [4.69, 9.17) is 0 Å². The van der Waals surface area contributed by atoms with Crippen molar-refractivity contribution in [2.24, 2.45) is 0 Å². The number of aromatic nitrogens is 2. The topological polar surface area (TPSA) is 29.0 Å². The SMILES string of the molecule is Cc1nnc(N2C3C=CCC2CC3)s1. The molecule has 3 nitrogen and oxygen atoms in total. The standard InChI is InChI=1S/C10H13N3S/c1-7-11-12-10(14-7)13-8-3-2-4-9(13)6-5-8/h2-3,8-9H,4-6H2,1H3. The molecule has 14 heavy (non-hydrogen) atoms. The fourth-order valence-electron chi connectivity index (χ4n) is 2.41. The number of hydrogen-bond donors (Lipinski definition) is 0. The van der Waals surface area contributed by atoms with Crippen molar-refractivity contribution >= 4 is 16.5 Å². The first-order valence-electron chi connectivity index (χ1n) is 5.10. The molecule has 0 amide bonds. The van der Waals surface area contributed by atoms with Crippen LogP contribution in [0.2, 0.25) is 0 Å². The molecule has 2 aliphatic rings. The lowest BCUT2D eigenvalue weighted by Gasteiger charge is -2.30. The van der Waals surface area contributed by atoms with Crippen LogP contribution in [0.5, 0.6) is 0 Å². The van der Waals surface area contributed by atoms with Crippen LogP contribution in [0.1, 0.15) is 24.3 Å². The Morgan fingerprint density at radius 1 is 1.43 bits per heavy atom. The van der Waals surface area contributed by atoms with E-state index >= 15 is 0 Å². The Kier molecular flexibility index (Phi) is 1.83. The molecule has 1 aromatic heterocycles. The average Bonchev–Trinajstić information content (AvgIpc) is 2.68. The highest BCUT2D eigenvalue weighted by molar-refractivity contribution is 7.15. The summed E-state index contributed by atoms with van der Waals surface area (Å²) >= 11 is 1.71. The zero-order chi connectivity index (χ0) is 9.54. The van der Waals surface area contributed by atoms with Gasteiger partial charge < -0.3 is 4.90 Å². The second-order valence-electron chi connectivity index (χ2n) is 3.97. The maximum atomic E-state index is 4.24. The third-order valence-corrected chi connectivity index (χ3v) is 3.90. The molecular formula is C10H13N3S. The van der Waals surface area contributed by atoms with E-state index in [0.717, 1.165) is 10.1 Å². The number of rotatable bonds is 1. The lowest BCUT2D eigenvalue weighted by molar-refractivity contribution is 0.644. The van der Waals surface area contributed by atoms with Crippen molar-refractivity contribution in [2.75, 3.05) is 4.90 Å².